The zero-order valence-electron chi connectivity index (χ0n) is 13.8. The van der Waals surface area contributed by atoms with Gasteiger partial charge < -0.3 is 15.5 Å². The molecule has 130 valence electrons. The molecule has 1 aromatic carbocycles. The summed E-state index contributed by atoms with van der Waals surface area (Å²) >= 11 is 5.88. The third-order valence-corrected chi connectivity index (χ3v) is 5.32. The van der Waals surface area contributed by atoms with Gasteiger partial charge in [0.25, 0.3) is 5.91 Å². The first kappa shape index (κ1) is 17.2. The molecule has 2 fully saturated rings. The Hall–Kier alpha value is -1.59. The van der Waals surface area contributed by atoms with Crippen LogP contribution in [0.25, 0.3) is 0 Å². The van der Waals surface area contributed by atoms with Gasteiger partial charge >= 0.3 is 0 Å². The molecule has 1 aromatic rings. The molecule has 5 nitrogen and oxygen atoms in total. The van der Waals surface area contributed by atoms with Crippen LogP contribution in [0.4, 0.5) is 0 Å². The molecule has 1 heterocycles. The highest BCUT2D eigenvalue weighted by atomic mass is 35.5. The fourth-order valence-electron chi connectivity index (χ4n) is 3.65. The topological polar surface area (TPSA) is 66.6 Å². The SMILES string of the molecule is N[C@@H]1CCC[C@H]1C(=O)N1CCCN(C(=O)c2ccc(Cl)cc2)CC1. The Morgan fingerprint density at radius 1 is 0.958 bits per heavy atom. The zero-order valence-corrected chi connectivity index (χ0v) is 14.5. The van der Waals surface area contributed by atoms with E-state index in [1.54, 1.807) is 24.3 Å². The number of nitrogens with two attached hydrogens (primary N) is 1. The third kappa shape index (κ3) is 3.73. The summed E-state index contributed by atoms with van der Waals surface area (Å²) in [7, 11) is 0. The normalized spacial score (nSPS) is 24.8. The van der Waals surface area contributed by atoms with Crippen LogP contribution in [0.15, 0.2) is 24.3 Å². The molecule has 0 radical (unpaired) electrons. The largest absolute Gasteiger partial charge is 0.341 e. The van der Waals surface area contributed by atoms with Crippen LogP contribution in [0, 0.1) is 5.92 Å². The summed E-state index contributed by atoms with van der Waals surface area (Å²) in [4.78, 5) is 29.0. The van der Waals surface area contributed by atoms with Gasteiger partial charge in [0.2, 0.25) is 5.91 Å². The lowest BCUT2D eigenvalue weighted by atomic mass is 10.0. The highest BCUT2D eigenvalue weighted by Crippen LogP contribution is 2.26. The summed E-state index contributed by atoms with van der Waals surface area (Å²) in [5.41, 5.74) is 6.70. The Bertz CT molecular complexity index is 605. The van der Waals surface area contributed by atoms with E-state index in [1.807, 2.05) is 9.80 Å². The molecule has 2 amide bonds. The molecule has 6 heteroatoms. The molecule has 1 aliphatic heterocycles. The van der Waals surface area contributed by atoms with Crippen LogP contribution < -0.4 is 5.73 Å². The van der Waals surface area contributed by atoms with Crippen molar-refractivity contribution >= 4 is 23.4 Å². The van der Waals surface area contributed by atoms with Gasteiger partial charge in [0, 0.05) is 42.8 Å². The molecule has 0 bridgehead atoms. The lowest BCUT2D eigenvalue weighted by Crippen LogP contribution is -2.43. The first-order chi connectivity index (χ1) is 11.6. The predicted octanol–water partition coefficient (Wildman–Crippen LogP) is 2.14. The summed E-state index contributed by atoms with van der Waals surface area (Å²) in [6, 6.07) is 6.94. The highest BCUT2D eigenvalue weighted by molar-refractivity contribution is 6.30. The van der Waals surface area contributed by atoms with Crippen LogP contribution >= 0.6 is 11.6 Å². The van der Waals surface area contributed by atoms with Crippen molar-refractivity contribution in [1.29, 1.82) is 0 Å². The second-order valence-electron chi connectivity index (χ2n) is 6.68. The lowest BCUT2D eigenvalue weighted by Gasteiger charge is -2.26. The summed E-state index contributed by atoms with van der Waals surface area (Å²) < 4.78 is 0. The van der Waals surface area contributed by atoms with E-state index in [1.165, 1.54) is 0 Å². The van der Waals surface area contributed by atoms with Crippen LogP contribution in [0.2, 0.25) is 5.02 Å². The van der Waals surface area contributed by atoms with E-state index in [9.17, 15) is 9.59 Å². The predicted molar refractivity (Wildman–Crippen MR) is 93.9 cm³/mol. The molecular formula is C18H24ClN3O2. The molecule has 0 unspecified atom stereocenters. The van der Waals surface area contributed by atoms with Gasteiger partial charge in [-0.2, -0.15) is 0 Å². The molecule has 1 saturated heterocycles. The first-order valence-electron chi connectivity index (χ1n) is 8.65. The second-order valence-corrected chi connectivity index (χ2v) is 7.12. The minimum atomic E-state index is -0.0384. The Morgan fingerprint density at radius 2 is 1.62 bits per heavy atom. The van der Waals surface area contributed by atoms with Gasteiger partial charge in [0.1, 0.15) is 0 Å². The number of hydrogen-bond donors (Lipinski definition) is 1. The molecule has 24 heavy (non-hydrogen) atoms. The van der Waals surface area contributed by atoms with Crippen molar-refractivity contribution in [2.75, 3.05) is 26.2 Å². The average Bonchev–Trinajstić information content (AvgIpc) is 2.86. The molecule has 0 spiro atoms. The fraction of sp³-hybridized carbons (Fsp3) is 0.556. The summed E-state index contributed by atoms with van der Waals surface area (Å²) in [5, 5.41) is 0.618. The summed E-state index contributed by atoms with van der Waals surface area (Å²) in [6.07, 6.45) is 3.66. The zero-order chi connectivity index (χ0) is 17.1. The molecule has 1 saturated carbocycles. The van der Waals surface area contributed by atoms with Crippen LogP contribution in [0.1, 0.15) is 36.0 Å². The van der Waals surface area contributed by atoms with Crippen molar-refractivity contribution in [3.63, 3.8) is 0 Å². The Labute approximate surface area is 147 Å². The number of rotatable bonds is 2. The standard InChI is InChI=1S/C18H24ClN3O2/c19-14-7-5-13(6-8-14)17(23)21-9-2-10-22(12-11-21)18(24)15-3-1-4-16(15)20/h5-8,15-16H,1-4,9-12,20H2/t15-,16-/m1/s1. The van der Waals surface area contributed by atoms with Gasteiger partial charge in [-0.3, -0.25) is 9.59 Å². The number of nitrogens with zero attached hydrogens (tertiary/aromatic N) is 2. The number of hydrogen-bond acceptors (Lipinski definition) is 3. The quantitative estimate of drug-likeness (QED) is 0.889. The van der Waals surface area contributed by atoms with E-state index in [-0.39, 0.29) is 23.8 Å². The monoisotopic (exact) mass is 349 g/mol. The third-order valence-electron chi connectivity index (χ3n) is 5.07. The average molecular weight is 350 g/mol. The Morgan fingerprint density at radius 3 is 2.29 bits per heavy atom. The van der Waals surface area contributed by atoms with E-state index in [0.717, 1.165) is 25.7 Å². The Balaban J connectivity index is 1.61. The lowest BCUT2D eigenvalue weighted by molar-refractivity contribution is -0.135. The van der Waals surface area contributed by atoms with Crippen molar-refractivity contribution in [2.24, 2.45) is 11.7 Å². The number of carbonyl (C=O) groups excluding carboxylic acids is 2. The maximum Gasteiger partial charge on any atom is 0.253 e. The number of amides is 2. The maximum atomic E-state index is 12.7. The van der Waals surface area contributed by atoms with E-state index in [0.29, 0.717) is 36.8 Å². The van der Waals surface area contributed by atoms with Crippen molar-refractivity contribution in [2.45, 2.75) is 31.7 Å². The maximum absolute atomic E-state index is 12.7. The molecule has 2 N–H and O–H groups in total. The van der Waals surface area contributed by atoms with Gasteiger partial charge in [-0.1, -0.05) is 18.0 Å². The molecule has 0 aromatic heterocycles. The van der Waals surface area contributed by atoms with Crippen LogP contribution in [0.5, 0.6) is 0 Å². The van der Waals surface area contributed by atoms with Gasteiger partial charge in [-0.25, -0.2) is 0 Å². The van der Waals surface area contributed by atoms with E-state index >= 15 is 0 Å². The fourth-order valence-corrected chi connectivity index (χ4v) is 3.77. The molecule has 1 aliphatic carbocycles. The van der Waals surface area contributed by atoms with Gasteiger partial charge in [-0.05, 0) is 43.5 Å². The smallest absolute Gasteiger partial charge is 0.253 e. The van der Waals surface area contributed by atoms with Crippen molar-refractivity contribution in [3.8, 4) is 0 Å². The number of halogens is 1. The second kappa shape index (κ2) is 7.53. The van der Waals surface area contributed by atoms with Crippen LogP contribution in [-0.4, -0.2) is 53.8 Å². The molecule has 2 aliphatic rings. The van der Waals surface area contributed by atoms with Gasteiger partial charge in [-0.15, -0.1) is 0 Å². The molecule has 3 rings (SSSR count). The van der Waals surface area contributed by atoms with Gasteiger partial charge in [0.15, 0.2) is 0 Å². The highest BCUT2D eigenvalue weighted by Gasteiger charge is 2.34. The summed E-state index contributed by atoms with van der Waals surface area (Å²) in [6.45, 7) is 2.52. The van der Waals surface area contributed by atoms with Crippen LogP contribution in [0.3, 0.4) is 0 Å². The minimum absolute atomic E-state index is 0.00136. The van der Waals surface area contributed by atoms with E-state index in [4.69, 9.17) is 17.3 Å². The van der Waals surface area contributed by atoms with E-state index in [2.05, 4.69) is 0 Å². The van der Waals surface area contributed by atoms with Crippen molar-refractivity contribution < 1.29 is 9.59 Å². The van der Waals surface area contributed by atoms with Crippen LogP contribution in [-0.2, 0) is 4.79 Å². The molecular weight excluding hydrogens is 326 g/mol. The molecule has 2 atom stereocenters. The number of benzene rings is 1. The summed E-state index contributed by atoms with van der Waals surface area (Å²) in [5.74, 6) is 0.128. The van der Waals surface area contributed by atoms with Gasteiger partial charge in [0.05, 0.1) is 5.92 Å². The van der Waals surface area contributed by atoms with E-state index < -0.39 is 0 Å². The van der Waals surface area contributed by atoms with Crippen molar-refractivity contribution in [1.82, 2.24) is 9.80 Å². The number of carbonyl (C=O) groups is 2. The minimum Gasteiger partial charge on any atom is -0.341 e. The first-order valence-corrected chi connectivity index (χ1v) is 9.03. The Kier molecular flexibility index (Phi) is 5.41. The van der Waals surface area contributed by atoms with Crippen molar-refractivity contribution in [3.05, 3.63) is 34.9 Å².